The third-order valence-electron chi connectivity index (χ3n) is 1.21. The minimum absolute atomic E-state index is 0. The summed E-state index contributed by atoms with van der Waals surface area (Å²) in [5, 5.41) is 0. The van der Waals surface area contributed by atoms with E-state index in [0.717, 1.165) is 19.3 Å². The fourth-order valence-corrected chi connectivity index (χ4v) is 0.621. The first-order chi connectivity index (χ1) is 4.31. The molecular formula is C7H15LiO2. The average Bonchev–Trinajstić information content (AvgIpc) is 1.89. The summed E-state index contributed by atoms with van der Waals surface area (Å²) < 4.78 is 4.46. The van der Waals surface area contributed by atoms with Crippen molar-refractivity contribution < 1.29 is 9.53 Å². The molecule has 0 heterocycles. The van der Waals surface area contributed by atoms with Crippen LogP contribution in [-0.4, -0.2) is 31.9 Å². The molecule has 0 bridgehead atoms. The molecule has 3 heteroatoms. The molecule has 0 aliphatic heterocycles. The average molecular weight is 138 g/mol. The van der Waals surface area contributed by atoms with Crippen LogP contribution >= 0.6 is 0 Å². The van der Waals surface area contributed by atoms with Crippen molar-refractivity contribution in [3.63, 3.8) is 0 Å². The van der Waals surface area contributed by atoms with Crippen LogP contribution in [0.25, 0.3) is 0 Å². The molecule has 0 rings (SSSR count). The summed E-state index contributed by atoms with van der Waals surface area (Å²) in [5.74, 6) is -0.0940. The van der Waals surface area contributed by atoms with Crippen LogP contribution < -0.4 is 0 Å². The van der Waals surface area contributed by atoms with E-state index in [2.05, 4.69) is 11.7 Å². The predicted octanol–water partition coefficient (Wildman–Crippen LogP) is 1.09. The van der Waals surface area contributed by atoms with Gasteiger partial charge in [0.05, 0.1) is 7.11 Å². The van der Waals surface area contributed by atoms with Crippen LogP contribution in [0.15, 0.2) is 0 Å². The van der Waals surface area contributed by atoms with Gasteiger partial charge in [-0.3, -0.25) is 4.79 Å². The Morgan fingerprint density at radius 1 is 1.40 bits per heavy atom. The summed E-state index contributed by atoms with van der Waals surface area (Å²) in [6, 6.07) is 0. The fourth-order valence-electron chi connectivity index (χ4n) is 0.621. The first-order valence-electron chi connectivity index (χ1n) is 3.38. The van der Waals surface area contributed by atoms with Crippen molar-refractivity contribution in [2.75, 3.05) is 7.11 Å². The number of carbonyl (C=O) groups excluding carboxylic acids is 1. The number of carbonyl (C=O) groups is 1. The number of methoxy groups -OCH3 is 1. The molecule has 0 radical (unpaired) electrons. The zero-order valence-electron chi connectivity index (χ0n) is 6.14. The Labute approximate surface area is 74.5 Å². The van der Waals surface area contributed by atoms with Gasteiger partial charge in [-0.15, -0.1) is 0 Å². The van der Waals surface area contributed by atoms with E-state index in [1.807, 2.05) is 0 Å². The molecule has 0 aromatic heterocycles. The van der Waals surface area contributed by atoms with E-state index in [-0.39, 0.29) is 24.8 Å². The van der Waals surface area contributed by atoms with Crippen LogP contribution in [-0.2, 0) is 9.53 Å². The van der Waals surface area contributed by atoms with E-state index in [1.54, 1.807) is 0 Å². The van der Waals surface area contributed by atoms with Crippen molar-refractivity contribution >= 4 is 24.8 Å². The van der Waals surface area contributed by atoms with Gasteiger partial charge in [0.1, 0.15) is 0 Å². The van der Waals surface area contributed by atoms with Gasteiger partial charge in [0.2, 0.25) is 0 Å². The summed E-state index contributed by atoms with van der Waals surface area (Å²) in [4.78, 5) is 10.5. The maximum absolute atomic E-state index is 10.5. The fraction of sp³-hybridized carbons (Fsp3) is 0.857. The number of ether oxygens (including phenoxy) is 1. The molecule has 56 valence electrons. The summed E-state index contributed by atoms with van der Waals surface area (Å²) in [6.45, 7) is 2.11. The second-order valence-electron chi connectivity index (χ2n) is 2.03. The van der Waals surface area contributed by atoms with Gasteiger partial charge in [0.15, 0.2) is 0 Å². The number of unbranched alkanes of at least 4 members (excludes halogenated alkanes) is 2. The van der Waals surface area contributed by atoms with Crippen molar-refractivity contribution in [2.24, 2.45) is 0 Å². The minimum atomic E-state index is -0.0940. The Hall–Kier alpha value is 0.0674. The molecule has 0 saturated carbocycles. The molecule has 0 N–H and O–H groups in total. The van der Waals surface area contributed by atoms with Crippen molar-refractivity contribution in [1.29, 1.82) is 0 Å². The standard InChI is InChI=1S/C7H14O2.Li.H/c1-3-4-5-6-7(8)9-2;;/h3-6H2,1-2H3;;. The van der Waals surface area contributed by atoms with Gasteiger partial charge in [-0.05, 0) is 6.42 Å². The molecule has 0 amide bonds. The number of esters is 1. The van der Waals surface area contributed by atoms with E-state index in [4.69, 9.17) is 0 Å². The summed E-state index contributed by atoms with van der Waals surface area (Å²) >= 11 is 0. The van der Waals surface area contributed by atoms with Crippen molar-refractivity contribution in [3.8, 4) is 0 Å². The molecule has 2 nitrogen and oxygen atoms in total. The molecule has 0 fully saturated rings. The predicted molar refractivity (Wildman–Crippen MR) is 43.3 cm³/mol. The van der Waals surface area contributed by atoms with Gasteiger partial charge in [-0.1, -0.05) is 19.8 Å². The topological polar surface area (TPSA) is 26.3 Å². The van der Waals surface area contributed by atoms with Gasteiger partial charge >= 0.3 is 24.8 Å². The molecule has 0 aliphatic rings. The molecule has 0 aromatic rings. The summed E-state index contributed by atoms with van der Waals surface area (Å²) in [6.07, 6.45) is 3.81. The summed E-state index contributed by atoms with van der Waals surface area (Å²) in [7, 11) is 1.42. The molecule has 0 spiro atoms. The van der Waals surface area contributed by atoms with E-state index in [0.29, 0.717) is 6.42 Å². The SMILES string of the molecule is CCCCCC(=O)OC.[LiH]. The van der Waals surface area contributed by atoms with E-state index in [9.17, 15) is 4.79 Å². The van der Waals surface area contributed by atoms with Crippen molar-refractivity contribution in [3.05, 3.63) is 0 Å². The van der Waals surface area contributed by atoms with Crippen LogP contribution in [0, 0.1) is 0 Å². The monoisotopic (exact) mass is 138 g/mol. The van der Waals surface area contributed by atoms with Gasteiger partial charge < -0.3 is 4.74 Å². The number of hydrogen-bond donors (Lipinski definition) is 0. The van der Waals surface area contributed by atoms with Crippen molar-refractivity contribution in [1.82, 2.24) is 0 Å². The summed E-state index contributed by atoms with van der Waals surface area (Å²) in [5.41, 5.74) is 0. The molecule has 0 saturated heterocycles. The van der Waals surface area contributed by atoms with E-state index in [1.165, 1.54) is 7.11 Å². The Balaban J connectivity index is 0. The molecule has 10 heavy (non-hydrogen) atoms. The van der Waals surface area contributed by atoms with E-state index < -0.39 is 0 Å². The van der Waals surface area contributed by atoms with E-state index >= 15 is 0 Å². The van der Waals surface area contributed by atoms with Gasteiger partial charge in [-0.25, -0.2) is 0 Å². The van der Waals surface area contributed by atoms with Crippen molar-refractivity contribution in [2.45, 2.75) is 32.6 Å². The first kappa shape index (κ1) is 12.7. The molecule has 0 unspecified atom stereocenters. The molecular weight excluding hydrogens is 123 g/mol. The zero-order chi connectivity index (χ0) is 7.11. The second kappa shape index (κ2) is 9.07. The van der Waals surface area contributed by atoms with Crippen LogP contribution in [0.5, 0.6) is 0 Å². The third kappa shape index (κ3) is 8.07. The quantitative estimate of drug-likeness (QED) is 0.330. The number of hydrogen-bond acceptors (Lipinski definition) is 2. The van der Waals surface area contributed by atoms with Crippen LogP contribution in [0.2, 0.25) is 0 Å². The van der Waals surface area contributed by atoms with Gasteiger partial charge in [-0.2, -0.15) is 0 Å². The Morgan fingerprint density at radius 2 is 2.00 bits per heavy atom. The molecule has 0 aliphatic carbocycles. The second-order valence-corrected chi connectivity index (χ2v) is 2.03. The Morgan fingerprint density at radius 3 is 2.40 bits per heavy atom. The van der Waals surface area contributed by atoms with Crippen LogP contribution in [0.4, 0.5) is 0 Å². The third-order valence-corrected chi connectivity index (χ3v) is 1.21. The Bertz CT molecular complexity index is 83.7. The maximum atomic E-state index is 10.5. The zero-order valence-corrected chi connectivity index (χ0v) is 6.14. The van der Waals surface area contributed by atoms with Crippen LogP contribution in [0.3, 0.4) is 0 Å². The van der Waals surface area contributed by atoms with Gasteiger partial charge in [0, 0.05) is 6.42 Å². The van der Waals surface area contributed by atoms with Gasteiger partial charge in [0.25, 0.3) is 0 Å². The normalized spacial score (nSPS) is 8.20. The Kier molecular flexibility index (Phi) is 11.5. The van der Waals surface area contributed by atoms with Crippen LogP contribution in [0.1, 0.15) is 32.6 Å². The number of rotatable bonds is 4. The molecule has 0 aromatic carbocycles. The first-order valence-corrected chi connectivity index (χ1v) is 3.38. The molecule has 0 atom stereocenters.